The van der Waals surface area contributed by atoms with E-state index in [1.807, 2.05) is 0 Å². The minimum Gasteiger partial charge on any atom is -0.394 e. The SMILES string of the molecule is CCCCCCC/C=C\C/C=C\CCCCCCCCCCCCCC(=O)NC(COC1OC(CO)C(O)C(O)C1O)C(O)CCCCCCCC. The molecule has 1 saturated heterocycles. The van der Waals surface area contributed by atoms with Crippen molar-refractivity contribution in [3.63, 3.8) is 0 Å². The number of aliphatic hydroxyl groups is 5. The number of hydrogen-bond acceptors (Lipinski definition) is 8. The number of allylic oxidation sites excluding steroid dienone is 4. The van der Waals surface area contributed by atoms with Gasteiger partial charge in [-0.2, -0.15) is 0 Å². The van der Waals surface area contributed by atoms with Crippen LogP contribution in [0.3, 0.4) is 0 Å². The molecule has 6 N–H and O–H groups in total. The molecule has 0 aromatic heterocycles. The smallest absolute Gasteiger partial charge is 0.220 e. The van der Waals surface area contributed by atoms with Gasteiger partial charge in [-0.15, -0.1) is 0 Å². The van der Waals surface area contributed by atoms with E-state index >= 15 is 0 Å². The zero-order valence-electron chi connectivity index (χ0n) is 33.3. The first-order valence-electron chi connectivity index (χ1n) is 21.5. The second-order valence-corrected chi connectivity index (χ2v) is 15.1. The number of ether oxygens (including phenoxy) is 2. The summed E-state index contributed by atoms with van der Waals surface area (Å²) in [6.45, 7) is 3.74. The highest BCUT2D eigenvalue weighted by atomic mass is 16.7. The predicted octanol–water partition coefficient (Wildman–Crippen LogP) is 8.33. The Balaban J connectivity index is 2.19. The predicted molar refractivity (Wildman–Crippen MR) is 212 cm³/mol. The van der Waals surface area contributed by atoms with Crippen molar-refractivity contribution in [2.45, 2.75) is 230 Å². The minimum absolute atomic E-state index is 0.139. The fourth-order valence-electron chi connectivity index (χ4n) is 6.78. The van der Waals surface area contributed by atoms with E-state index in [1.54, 1.807) is 0 Å². The fourth-order valence-corrected chi connectivity index (χ4v) is 6.78. The number of unbranched alkanes of at least 4 members (excludes halogenated alkanes) is 21. The number of rotatable bonds is 35. The number of carbonyl (C=O) groups is 1. The molecule has 1 aliphatic heterocycles. The Morgan fingerprint density at radius 3 is 1.65 bits per heavy atom. The van der Waals surface area contributed by atoms with E-state index < -0.39 is 49.5 Å². The fraction of sp³-hybridized carbons (Fsp3) is 0.884. The summed E-state index contributed by atoms with van der Waals surface area (Å²) >= 11 is 0. The van der Waals surface area contributed by atoms with Crippen LogP contribution in [0.15, 0.2) is 24.3 Å². The molecular weight excluding hydrogens is 658 g/mol. The number of nitrogens with one attached hydrogen (secondary N) is 1. The molecule has 0 bridgehead atoms. The molecule has 1 fully saturated rings. The van der Waals surface area contributed by atoms with Crippen LogP contribution >= 0.6 is 0 Å². The third kappa shape index (κ3) is 24.9. The van der Waals surface area contributed by atoms with Crippen LogP contribution in [-0.4, -0.2) is 87.5 Å². The summed E-state index contributed by atoms with van der Waals surface area (Å²) in [7, 11) is 0. The molecule has 7 unspecified atom stereocenters. The number of carbonyl (C=O) groups excluding carboxylic acids is 1. The van der Waals surface area contributed by atoms with Crippen molar-refractivity contribution in [3.8, 4) is 0 Å². The maximum Gasteiger partial charge on any atom is 0.220 e. The average molecular weight is 740 g/mol. The van der Waals surface area contributed by atoms with Crippen LogP contribution < -0.4 is 5.32 Å². The molecule has 0 aliphatic carbocycles. The zero-order chi connectivity index (χ0) is 38.1. The molecule has 0 aromatic carbocycles. The van der Waals surface area contributed by atoms with Gasteiger partial charge in [-0.05, 0) is 44.9 Å². The minimum atomic E-state index is -1.55. The van der Waals surface area contributed by atoms with Crippen molar-refractivity contribution in [2.75, 3.05) is 13.2 Å². The second kappa shape index (κ2) is 34.2. The normalized spacial score (nSPS) is 22.0. The van der Waals surface area contributed by atoms with Crippen LogP contribution in [0.2, 0.25) is 0 Å². The molecular formula is C43H81NO8. The summed E-state index contributed by atoms with van der Waals surface area (Å²) in [5.41, 5.74) is 0. The van der Waals surface area contributed by atoms with Gasteiger partial charge in [0, 0.05) is 6.42 Å². The Kier molecular flexibility index (Phi) is 32.0. The quantitative estimate of drug-likeness (QED) is 0.0281. The Morgan fingerprint density at radius 2 is 1.13 bits per heavy atom. The summed E-state index contributed by atoms with van der Waals surface area (Å²) < 4.78 is 11.2. The number of aliphatic hydroxyl groups excluding tert-OH is 5. The van der Waals surface area contributed by atoms with E-state index in [1.165, 1.54) is 116 Å². The molecule has 1 rings (SSSR count). The van der Waals surface area contributed by atoms with E-state index in [9.17, 15) is 30.3 Å². The van der Waals surface area contributed by atoms with Gasteiger partial charge >= 0.3 is 0 Å². The lowest BCUT2D eigenvalue weighted by atomic mass is 9.99. The standard InChI is InChI=1S/C43H81NO8/c1-3-5-7-9-11-12-13-14-15-16-17-18-19-20-21-22-23-24-25-26-27-29-31-33-39(47)44-36(37(46)32-30-28-10-8-6-4-2)35-51-43-42(50)41(49)40(48)38(34-45)52-43/h13-14,16-17,36-38,40-43,45-46,48-50H,3-12,15,18-35H2,1-2H3,(H,44,47)/b14-13-,17-16-. The molecule has 1 heterocycles. The van der Waals surface area contributed by atoms with Crippen LogP contribution in [0.25, 0.3) is 0 Å². The highest BCUT2D eigenvalue weighted by Gasteiger charge is 2.44. The van der Waals surface area contributed by atoms with Crippen molar-refractivity contribution in [1.82, 2.24) is 5.32 Å². The van der Waals surface area contributed by atoms with Gasteiger partial charge in [0.05, 0.1) is 25.4 Å². The molecule has 9 nitrogen and oxygen atoms in total. The van der Waals surface area contributed by atoms with Crippen LogP contribution in [0.5, 0.6) is 0 Å². The molecule has 7 atom stereocenters. The molecule has 1 amide bonds. The lowest BCUT2D eigenvalue weighted by molar-refractivity contribution is -0.302. The third-order valence-corrected chi connectivity index (χ3v) is 10.3. The van der Waals surface area contributed by atoms with Crippen LogP contribution in [0.4, 0.5) is 0 Å². The number of hydrogen-bond donors (Lipinski definition) is 6. The van der Waals surface area contributed by atoms with Gasteiger partial charge in [0.25, 0.3) is 0 Å². The van der Waals surface area contributed by atoms with Gasteiger partial charge in [0.2, 0.25) is 5.91 Å². The van der Waals surface area contributed by atoms with Gasteiger partial charge in [-0.25, -0.2) is 0 Å². The van der Waals surface area contributed by atoms with E-state index in [4.69, 9.17) is 9.47 Å². The molecule has 0 aromatic rings. The van der Waals surface area contributed by atoms with Gasteiger partial charge in [-0.1, -0.05) is 160 Å². The topological polar surface area (TPSA) is 149 Å². The lowest BCUT2D eigenvalue weighted by Gasteiger charge is -2.40. The van der Waals surface area contributed by atoms with Gasteiger partial charge in [0.1, 0.15) is 24.4 Å². The highest BCUT2D eigenvalue weighted by molar-refractivity contribution is 5.76. The molecule has 0 radical (unpaired) electrons. The van der Waals surface area contributed by atoms with E-state index in [-0.39, 0.29) is 12.5 Å². The van der Waals surface area contributed by atoms with Crippen molar-refractivity contribution < 1.29 is 39.8 Å². The Labute approximate surface area is 318 Å². The average Bonchev–Trinajstić information content (AvgIpc) is 3.14. The van der Waals surface area contributed by atoms with E-state index in [0.717, 1.165) is 44.9 Å². The van der Waals surface area contributed by atoms with Crippen molar-refractivity contribution >= 4 is 5.91 Å². The second-order valence-electron chi connectivity index (χ2n) is 15.1. The molecule has 0 saturated carbocycles. The Bertz CT molecular complexity index is 868. The van der Waals surface area contributed by atoms with Crippen LogP contribution in [0.1, 0.15) is 187 Å². The molecule has 9 heteroatoms. The summed E-state index contributed by atoms with van der Waals surface area (Å²) in [4.78, 5) is 12.9. The number of amides is 1. The van der Waals surface area contributed by atoms with Crippen molar-refractivity contribution in [1.29, 1.82) is 0 Å². The summed E-state index contributed by atoms with van der Waals surface area (Å²) in [6, 6.07) is -0.714. The van der Waals surface area contributed by atoms with Crippen LogP contribution in [0, 0.1) is 0 Å². The Hall–Kier alpha value is -1.33. The summed E-state index contributed by atoms with van der Waals surface area (Å²) in [5, 5.41) is 53.9. The first kappa shape index (κ1) is 48.7. The molecule has 52 heavy (non-hydrogen) atoms. The molecule has 306 valence electrons. The van der Waals surface area contributed by atoms with E-state index in [2.05, 4.69) is 43.5 Å². The lowest BCUT2D eigenvalue weighted by Crippen LogP contribution is -2.60. The van der Waals surface area contributed by atoms with Gasteiger partial charge in [-0.3, -0.25) is 4.79 Å². The maximum atomic E-state index is 12.9. The monoisotopic (exact) mass is 740 g/mol. The van der Waals surface area contributed by atoms with Crippen molar-refractivity contribution in [3.05, 3.63) is 24.3 Å². The van der Waals surface area contributed by atoms with Crippen molar-refractivity contribution in [2.24, 2.45) is 0 Å². The van der Waals surface area contributed by atoms with Gasteiger partial charge < -0.3 is 40.3 Å². The first-order chi connectivity index (χ1) is 25.3. The zero-order valence-corrected chi connectivity index (χ0v) is 33.3. The largest absolute Gasteiger partial charge is 0.394 e. The summed E-state index contributed by atoms with van der Waals surface area (Å²) in [5.74, 6) is -0.153. The molecule has 1 aliphatic rings. The third-order valence-electron chi connectivity index (χ3n) is 10.3. The first-order valence-corrected chi connectivity index (χ1v) is 21.5. The highest BCUT2D eigenvalue weighted by Crippen LogP contribution is 2.23. The maximum absolute atomic E-state index is 12.9. The molecule has 0 spiro atoms. The van der Waals surface area contributed by atoms with E-state index in [0.29, 0.717) is 12.8 Å². The van der Waals surface area contributed by atoms with Gasteiger partial charge in [0.15, 0.2) is 6.29 Å². The van der Waals surface area contributed by atoms with Crippen LogP contribution in [-0.2, 0) is 14.3 Å². The Morgan fingerprint density at radius 1 is 0.654 bits per heavy atom. The summed E-state index contributed by atoms with van der Waals surface area (Å²) in [6.07, 6.45) is 32.2.